The van der Waals surface area contributed by atoms with Gasteiger partial charge >= 0.3 is 0 Å². The maximum Gasteiger partial charge on any atom is 0.149 e. The minimum atomic E-state index is -0.284. The molecule has 1 aromatic heterocycles. The number of para-hydroxylation sites is 1. The summed E-state index contributed by atoms with van der Waals surface area (Å²) in [6.07, 6.45) is 3.50. The molecule has 116 valence electrons. The quantitative estimate of drug-likeness (QED) is 0.641. The predicted molar refractivity (Wildman–Crippen MR) is 91.3 cm³/mol. The van der Waals surface area contributed by atoms with Gasteiger partial charge in [-0.3, -0.25) is 4.99 Å². The molecule has 2 aromatic carbocycles. The highest BCUT2D eigenvalue weighted by Gasteiger charge is 2.08. The fourth-order valence-electron chi connectivity index (χ4n) is 2.37. The van der Waals surface area contributed by atoms with Crippen molar-refractivity contribution in [3.8, 4) is 5.69 Å². The summed E-state index contributed by atoms with van der Waals surface area (Å²) in [4.78, 5) is 4.64. The maximum atomic E-state index is 14.1. The molecule has 3 aromatic rings. The average Bonchev–Trinajstić information content (AvgIpc) is 2.99. The molecule has 0 bridgehead atoms. The molecule has 0 radical (unpaired) electrons. The molecular weight excluding hydrogens is 289 g/mol. The van der Waals surface area contributed by atoms with Crippen molar-refractivity contribution < 1.29 is 4.39 Å². The Balaban J connectivity index is 1.94. The third-order valence-electron chi connectivity index (χ3n) is 3.75. The van der Waals surface area contributed by atoms with Gasteiger partial charge in [-0.1, -0.05) is 24.3 Å². The van der Waals surface area contributed by atoms with Crippen molar-refractivity contribution in [1.82, 2.24) is 9.78 Å². The average molecular weight is 307 g/mol. The van der Waals surface area contributed by atoms with E-state index in [-0.39, 0.29) is 5.82 Å². The SMILES string of the molecule is CC(=Nc1ccccc1C)c1cnn(-c2ccc(C)cc2F)c1. The normalized spacial score (nSPS) is 11.7. The smallest absolute Gasteiger partial charge is 0.149 e. The van der Waals surface area contributed by atoms with Crippen LogP contribution in [0.1, 0.15) is 23.6 Å². The van der Waals surface area contributed by atoms with Crippen LogP contribution in [0.3, 0.4) is 0 Å². The Bertz CT molecular complexity index is 878. The Kier molecular flexibility index (Phi) is 4.06. The van der Waals surface area contributed by atoms with Gasteiger partial charge in [-0.2, -0.15) is 5.10 Å². The largest absolute Gasteiger partial charge is 0.253 e. The summed E-state index contributed by atoms with van der Waals surface area (Å²) in [5.74, 6) is -0.284. The first-order valence-electron chi connectivity index (χ1n) is 7.47. The molecule has 0 unspecified atom stereocenters. The lowest BCUT2D eigenvalue weighted by Gasteiger charge is -2.04. The van der Waals surface area contributed by atoms with Gasteiger partial charge in [0.2, 0.25) is 0 Å². The van der Waals surface area contributed by atoms with Gasteiger partial charge in [-0.15, -0.1) is 0 Å². The first-order chi connectivity index (χ1) is 11.0. The first-order valence-corrected chi connectivity index (χ1v) is 7.47. The number of aliphatic imine (C=N–C) groups is 1. The fourth-order valence-corrected chi connectivity index (χ4v) is 2.37. The molecule has 0 aliphatic rings. The van der Waals surface area contributed by atoms with Crippen LogP contribution in [0.5, 0.6) is 0 Å². The highest BCUT2D eigenvalue weighted by Crippen LogP contribution is 2.20. The second-order valence-electron chi connectivity index (χ2n) is 5.61. The first kappa shape index (κ1) is 15.2. The summed E-state index contributed by atoms with van der Waals surface area (Å²) >= 11 is 0. The van der Waals surface area contributed by atoms with Crippen LogP contribution in [0.15, 0.2) is 59.9 Å². The van der Waals surface area contributed by atoms with E-state index in [4.69, 9.17) is 0 Å². The second-order valence-corrected chi connectivity index (χ2v) is 5.61. The van der Waals surface area contributed by atoms with E-state index in [1.165, 1.54) is 6.07 Å². The van der Waals surface area contributed by atoms with Gasteiger partial charge < -0.3 is 0 Å². The molecule has 3 nitrogen and oxygen atoms in total. The van der Waals surface area contributed by atoms with Crippen molar-refractivity contribution in [1.29, 1.82) is 0 Å². The molecular formula is C19H18FN3. The van der Waals surface area contributed by atoms with Crippen LogP contribution in [0, 0.1) is 19.7 Å². The minimum Gasteiger partial charge on any atom is -0.253 e. The van der Waals surface area contributed by atoms with Gasteiger partial charge in [0.15, 0.2) is 0 Å². The molecule has 4 heteroatoms. The van der Waals surface area contributed by atoms with Gasteiger partial charge in [-0.25, -0.2) is 9.07 Å². The second kappa shape index (κ2) is 6.16. The zero-order valence-corrected chi connectivity index (χ0v) is 13.4. The van der Waals surface area contributed by atoms with Crippen LogP contribution in [-0.4, -0.2) is 15.5 Å². The zero-order valence-electron chi connectivity index (χ0n) is 13.4. The number of aromatic nitrogens is 2. The molecule has 0 atom stereocenters. The molecule has 0 aliphatic heterocycles. The molecule has 1 heterocycles. The standard InChI is InChI=1S/C19H18FN3/c1-13-8-9-19(17(20)10-13)23-12-16(11-21-23)15(3)22-18-7-5-4-6-14(18)2/h4-12H,1-3H3. The number of benzene rings is 2. The molecule has 0 N–H and O–H groups in total. The number of hydrogen-bond acceptors (Lipinski definition) is 2. The predicted octanol–water partition coefficient (Wildman–Crippen LogP) is 4.77. The molecule has 0 saturated carbocycles. The lowest BCUT2D eigenvalue weighted by Crippen LogP contribution is -1.98. The van der Waals surface area contributed by atoms with Crippen LogP contribution >= 0.6 is 0 Å². The lowest BCUT2D eigenvalue weighted by atomic mass is 10.2. The fraction of sp³-hybridized carbons (Fsp3) is 0.158. The number of nitrogens with zero attached hydrogens (tertiary/aromatic N) is 3. The molecule has 0 aliphatic carbocycles. The van der Waals surface area contributed by atoms with Gasteiger partial charge in [0.25, 0.3) is 0 Å². The third kappa shape index (κ3) is 3.21. The molecule has 0 spiro atoms. The number of halogens is 1. The topological polar surface area (TPSA) is 30.2 Å². The van der Waals surface area contributed by atoms with Crippen LogP contribution in [0.4, 0.5) is 10.1 Å². The van der Waals surface area contributed by atoms with E-state index in [2.05, 4.69) is 10.1 Å². The summed E-state index contributed by atoms with van der Waals surface area (Å²) < 4.78 is 15.6. The summed E-state index contributed by atoms with van der Waals surface area (Å²) in [7, 11) is 0. The monoisotopic (exact) mass is 307 g/mol. The van der Waals surface area contributed by atoms with Crippen molar-refractivity contribution in [2.75, 3.05) is 0 Å². The van der Waals surface area contributed by atoms with Crippen LogP contribution in [-0.2, 0) is 0 Å². The Hall–Kier alpha value is -2.75. The summed E-state index contributed by atoms with van der Waals surface area (Å²) in [6, 6.07) is 13.1. The number of hydrogen-bond donors (Lipinski definition) is 0. The van der Waals surface area contributed by atoms with Crippen molar-refractivity contribution in [3.05, 3.63) is 77.4 Å². The summed E-state index contributed by atoms with van der Waals surface area (Å²) in [5, 5.41) is 4.26. The third-order valence-corrected chi connectivity index (χ3v) is 3.75. The summed E-state index contributed by atoms with van der Waals surface area (Å²) in [5.41, 5.74) is 5.08. The van der Waals surface area contributed by atoms with E-state index in [9.17, 15) is 4.39 Å². The lowest BCUT2D eigenvalue weighted by molar-refractivity contribution is 0.609. The van der Waals surface area contributed by atoms with Crippen LogP contribution in [0.2, 0.25) is 0 Å². The van der Waals surface area contributed by atoms with Crippen LogP contribution < -0.4 is 0 Å². The van der Waals surface area contributed by atoms with Crippen LogP contribution in [0.25, 0.3) is 5.69 Å². The van der Waals surface area contributed by atoms with E-state index >= 15 is 0 Å². The van der Waals surface area contributed by atoms with Gasteiger partial charge in [0.1, 0.15) is 11.5 Å². The van der Waals surface area contributed by atoms with E-state index in [1.54, 1.807) is 23.1 Å². The van der Waals surface area contributed by atoms with Crippen molar-refractivity contribution in [2.24, 2.45) is 4.99 Å². The highest BCUT2D eigenvalue weighted by atomic mass is 19.1. The van der Waals surface area contributed by atoms with E-state index in [0.29, 0.717) is 5.69 Å². The Labute approximate surface area is 135 Å². The minimum absolute atomic E-state index is 0.284. The van der Waals surface area contributed by atoms with Gasteiger partial charge in [-0.05, 0) is 50.1 Å². The van der Waals surface area contributed by atoms with Crippen molar-refractivity contribution >= 4 is 11.4 Å². The molecule has 0 saturated heterocycles. The Morgan fingerprint density at radius 2 is 1.91 bits per heavy atom. The summed E-state index contributed by atoms with van der Waals surface area (Å²) in [6.45, 7) is 5.82. The Morgan fingerprint density at radius 1 is 1.13 bits per heavy atom. The van der Waals surface area contributed by atoms with Gasteiger partial charge in [0, 0.05) is 17.5 Å². The van der Waals surface area contributed by atoms with Gasteiger partial charge in [0.05, 0.1) is 11.9 Å². The molecule has 23 heavy (non-hydrogen) atoms. The van der Waals surface area contributed by atoms with Crippen molar-refractivity contribution in [3.63, 3.8) is 0 Å². The zero-order chi connectivity index (χ0) is 16.4. The highest BCUT2D eigenvalue weighted by molar-refractivity contribution is 6.00. The maximum absolute atomic E-state index is 14.1. The number of aryl methyl sites for hydroxylation is 2. The number of rotatable bonds is 3. The van der Waals surface area contributed by atoms with E-state index < -0.39 is 0 Å². The molecule has 0 amide bonds. The van der Waals surface area contributed by atoms with E-state index in [0.717, 1.165) is 28.1 Å². The molecule has 3 rings (SSSR count). The van der Waals surface area contributed by atoms with Crippen molar-refractivity contribution in [2.45, 2.75) is 20.8 Å². The Morgan fingerprint density at radius 3 is 2.65 bits per heavy atom. The van der Waals surface area contributed by atoms with E-state index in [1.807, 2.05) is 51.1 Å². The molecule has 0 fully saturated rings.